The van der Waals surface area contributed by atoms with Crippen molar-refractivity contribution in [1.29, 1.82) is 0 Å². The summed E-state index contributed by atoms with van der Waals surface area (Å²) in [5.74, 6) is 0.0883. The molecule has 1 N–H and O–H groups in total. The predicted octanol–water partition coefficient (Wildman–Crippen LogP) is 3.59. The van der Waals surface area contributed by atoms with Gasteiger partial charge in [0, 0.05) is 43.8 Å². The van der Waals surface area contributed by atoms with E-state index in [1.54, 1.807) is 12.1 Å². The topological polar surface area (TPSA) is 82.6 Å². The quantitative estimate of drug-likeness (QED) is 0.636. The van der Waals surface area contributed by atoms with Crippen molar-refractivity contribution in [2.75, 3.05) is 42.1 Å². The van der Waals surface area contributed by atoms with Crippen molar-refractivity contribution in [2.24, 2.45) is 0 Å². The zero-order valence-electron chi connectivity index (χ0n) is 17.5. The van der Waals surface area contributed by atoms with E-state index in [0.29, 0.717) is 18.1 Å². The van der Waals surface area contributed by atoms with E-state index < -0.39 is 10.0 Å². The van der Waals surface area contributed by atoms with E-state index in [2.05, 4.69) is 27.3 Å². The smallest absolute Gasteiger partial charge is 0.244 e. The Hall–Kier alpha value is -2.10. The van der Waals surface area contributed by atoms with Crippen molar-refractivity contribution in [3.05, 3.63) is 42.6 Å². The Morgan fingerprint density at radius 3 is 2.26 bits per heavy atom. The molecule has 2 saturated heterocycles. The molecule has 3 heterocycles. The first-order valence-electron chi connectivity index (χ1n) is 10.8. The molecule has 2 fully saturated rings. The van der Waals surface area contributed by atoms with Crippen LogP contribution in [0.2, 0.25) is 0 Å². The third kappa shape index (κ3) is 5.58. The maximum absolute atomic E-state index is 12.6. The van der Waals surface area contributed by atoms with Crippen LogP contribution in [-0.4, -0.2) is 55.5 Å². The monoisotopic (exact) mass is 460 g/mol. The molecule has 2 aliphatic rings. The highest BCUT2D eigenvalue weighted by molar-refractivity contribution is 7.99. The lowest BCUT2D eigenvalue weighted by molar-refractivity contribution is -0.113. The number of sulfonamides is 1. The van der Waals surface area contributed by atoms with E-state index in [-0.39, 0.29) is 16.6 Å². The molecule has 0 bridgehead atoms. The van der Waals surface area contributed by atoms with Gasteiger partial charge < -0.3 is 10.2 Å². The third-order valence-corrected chi connectivity index (χ3v) is 8.46. The number of pyridine rings is 1. The standard InChI is InChI=1S/C22H28N4O3S2/c27-21(24-18-6-8-19(9-7-18)25-12-2-1-3-13-25)17-30-22-11-10-20(16-23-22)31(28,29)26-14-4-5-15-26/h6-11,16H,1-5,12-15,17H2,(H,24,27). The van der Waals surface area contributed by atoms with Gasteiger partial charge in [-0.25, -0.2) is 13.4 Å². The number of rotatable bonds is 7. The zero-order chi connectivity index (χ0) is 21.7. The number of nitrogens with zero attached hydrogens (tertiary/aromatic N) is 3. The molecule has 4 rings (SSSR count). The number of anilines is 2. The molecule has 1 amide bonds. The van der Waals surface area contributed by atoms with E-state index in [1.165, 1.54) is 47.2 Å². The van der Waals surface area contributed by atoms with Crippen molar-refractivity contribution in [3.63, 3.8) is 0 Å². The zero-order valence-corrected chi connectivity index (χ0v) is 19.1. The van der Waals surface area contributed by atoms with Crippen molar-refractivity contribution >= 4 is 39.1 Å². The molecule has 0 radical (unpaired) electrons. The third-order valence-electron chi connectivity index (χ3n) is 5.64. The summed E-state index contributed by atoms with van der Waals surface area (Å²) in [5, 5.41) is 3.53. The number of aromatic nitrogens is 1. The van der Waals surface area contributed by atoms with E-state index in [1.807, 2.05) is 12.1 Å². The van der Waals surface area contributed by atoms with Crippen LogP contribution in [0, 0.1) is 0 Å². The van der Waals surface area contributed by atoms with Crippen molar-refractivity contribution in [3.8, 4) is 0 Å². The minimum absolute atomic E-state index is 0.119. The normalized spacial score (nSPS) is 17.6. The first kappa shape index (κ1) is 22.1. The Labute approximate surface area is 188 Å². The molecule has 2 aromatic rings. The van der Waals surface area contributed by atoms with Crippen LogP contribution >= 0.6 is 11.8 Å². The summed E-state index contributed by atoms with van der Waals surface area (Å²) < 4.78 is 26.6. The second-order valence-corrected chi connectivity index (χ2v) is 10.8. The molecule has 0 atom stereocenters. The molecule has 0 unspecified atom stereocenters. The number of piperidine rings is 1. The van der Waals surface area contributed by atoms with Gasteiger partial charge in [-0.15, -0.1) is 0 Å². The average molecular weight is 461 g/mol. The van der Waals surface area contributed by atoms with Gasteiger partial charge in [0.1, 0.15) is 4.90 Å². The summed E-state index contributed by atoms with van der Waals surface area (Å²) in [6, 6.07) is 11.2. The van der Waals surface area contributed by atoms with Gasteiger partial charge >= 0.3 is 0 Å². The second-order valence-electron chi connectivity index (χ2n) is 7.87. The van der Waals surface area contributed by atoms with Crippen LogP contribution in [0.25, 0.3) is 0 Å². The Balaban J connectivity index is 1.27. The van der Waals surface area contributed by atoms with Gasteiger partial charge in [0.2, 0.25) is 15.9 Å². The maximum Gasteiger partial charge on any atom is 0.244 e. The maximum atomic E-state index is 12.6. The highest BCUT2D eigenvalue weighted by Crippen LogP contribution is 2.24. The fourth-order valence-electron chi connectivity index (χ4n) is 3.93. The summed E-state index contributed by atoms with van der Waals surface area (Å²) in [6.07, 6.45) is 6.94. The molecule has 2 aliphatic heterocycles. The van der Waals surface area contributed by atoms with Crippen LogP contribution in [0.5, 0.6) is 0 Å². The largest absolute Gasteiger partial charge is 0.372 e. The molecule has 0 aliphatic carbocycles. The van der Waals surface area contributed by atoms with Gasteiger partial charge in [-0.3, -0.25) is 4.79 Å². The molecule has 166 valence electrons. The summed E-state index contributed by atoms with van der Waals surface area (Å²) in [6.45, 7) is 3.32. The fraction of sp³-hybridized carbons (Fsp3) is 0.455. The second kappa shape index (κ2) is 10.0. The van der Waals surface area contributed by atoms with Crippen LogP contribution in [0.15, 0.2) is 52.5 Å². The van der Waals surface area contributed by atoms with Gasteiger partial charge in [-0.05, 0) is 68.5 Å². The Morgan fingerprint density at radius 2 is 1.61 bits per heavy atom. The Bertz CT molecular complexity index is 982. The molecule has 7 nitrogen and oxygen atoms in total. The molecule has 0 saturated carbocycles. The number of benzene rings is 1. The molecular formula is C22H28N4O3S2. The lowest BCUT2D eigenvalue weighted by atomic mass is 10.1. The van der Waals surface area contributed by atoms with Crippen LogP contribution < -0.4 is 10.2 Å². The van der Waals surface area contributed by atoms with Crippen LogP contribution in [-0.2, 0) is 14.8 Å². The van der Waals surface area contributed by atoms with Gasteiger partial charge in [0.25, 0.3) is 0 Å². The number of amides is 1. The van der Waals surface area contributed by atoms with Gasteiger partial charge in [-0.1, -0.05) is 11.8 Å². The number of carbonyl (C=O) groups excluding carboxylic acids is 1. The van der Waals surface area contributed by atoms with Gasteiger partial charge in [0.05, 0.1) is 10.8 Å². The molecule has 0 spiro atoms. The molecule has 1 aromatic carbocycles. The molecular weight excluding hydrogens is 432 g/mol. The van der Waals surface area contributed by atoms with E-state index in [4.69, 9.17) is 0 Å². The van der Waals surface area contributed by atoms with Gasteiger partial charge in [0.15, 0.2) is 0 Å². The lowest BCUT2D eigenvalue weighted by Crippen LogP contribution is -2.29. The molecule has 1 aromatic heterocycles. The first-order valence-corrected chi connectivity index (χ1v) is 13.2. The summed E-state index contributed by atoms with van der Waals surface area (Å²) in [4.78, 5) is 19.1. The number of hydrogen-bond donors (Lipinski definition) is 1. The number of hydrogen-bond acceptors (Lipinski definition) is 6. The van der Waals surface area contributed by atoms with Crippen molar-refractivity contribution in [1.82, 2.24) is 9.29 Å². The Kier molecular flexibility index (Phi) is 7.14. The summed E-state index contributed by atoms with van der Waals surface area (Å²) in [5.41, 5.74) is 1.96. The Morgan fingerprint density at radius 1 is 0.935 bits per heavy atom. The van der Waals surface area contributed by atoms with Crippen molar-refractivity contribution < 1.29 is 13.2 Å². The fourth-order valence-corrected chi connectivity index (χ4v) is 6.03. The average Bonchev–Trinajstić information content (AvgIpc) is 3.35. The minimum Gasteiger partial charge on any atom is -0.372 e. The van der Waals surface area contributed by atoms with Gasteiger partial charge in [-0.2, -0.15) is 4.31 Å². The van der Waals surface area contributed by atoms with Crippen molar-refractivity contribution in [2.45, 2.75) is 42.0 Å². The molecule has 9 heteroatoms. The number of nitrogens with one attached hydrogen (secondary N) is 1. The van der Waals surface area contributed by atoms with E-state index in [9.17, 15) is 13.2 Å². The van der Waals surface area contributed by atoms with Crippen LogP contribution in [0.1, 0.15) is 32.1 Å². The highest BCUT2D eigenvalue weighted by Gasteiger charge is 2.27. The van der Waals surface area contributed by atoms with Crippen LogP contribution in [0.4, 0.5) is 11.4 Å². The number of carbonyl (C=O) groups is 1. The first-order chi connectivity index (χ1) is 15.0. The summed E-state index contributed by atoms with van der Waals surface area (Å²) in [7, 11) is -3.46. The predicted molar refractivity (Wildman–Crippen MR) is 124 cm³/mol. The van der Waals surface area contributed by atoms with E-state index >= 15 is 0 Å². The van der Waals surface area contributed by atoms with Crippen LogP contribution in [0.3, 0.4) is 0 Å². The lowest BCUT2D eigenvalue weighted by Gasteiger charge is -2.28. The number of thioether (sulfide) groups is 1. The molecule has 31 heavy (non-hydrogen) atoms. The minimum atomic E-state index is -3.46. The van der Waals surface area contributed by atoms with E-state index in [0.717, 1.165) is 31.6 Å². The highest BCUT2D eigenvalue weighted by atomic mass is 32.2. The SMILES string of the molecule is O=C(CSc1ccc(S(=O)(=O)N2CCCC2)cn1)Nc1ccc(N2CCCCC2)cc1. The summed E-state index contributed by atoms with van der Waals surface area (Å²) >= 11 is 1.29.